The molecule has 0 rings (SSSR count). The van der Waals surface area contributed by atoms with E-state index in [4.69, 9.17) is 0 Å². The molecule has 0 aliphatic heterocycles. The molecule has 0 aromatic heterocycles. The van der Waals surface area contributed by atoms with Gasteiger partial charge in [0.05, 0.1) is 0 Å². The molecule has 0 fully saturated rings. The summed E-state index contributed by atoms with van der Waals surface area (Å²) in [5.74, 6) is 0.489. The lowest BCUT2D eigenvalue weighted by Gasteiger charge is -2.22. The quantitative estimate of drug-likeness (QED) is 0.671. The van der Waals surface area contributed by atoms with Crippen LogP contribution in [0.3, 0.4) is 0 Å². The highest BCUT2D eigenvalue weighted by atomic mass is 19.4. The van der Waals surface area contributed by atoms with E-state index in [-0.39, 0.29) is 12.5 Å². The summed E-state index contributed by atoms with van der Waals surface area (Å²) >= 11 is 0. The Morgan fingerprint density at radius 3 is 2.25 bits per heavy atom. The van der Waals surface area contributed by atoms with Crippen LogP contribution < -0.4 is 5.32 Å². The van der Waals surface area contributed by atoms with Gasteiger partial charge in [-0.05, 0) is 31.7 Å². The number of hydrogen-bond donors (Lipinski definition) is 1. The van der Waals surface area contributed by atoms with Gasteiger partial charge in [-0.15, -0.1) is 0 Å². The molecular formula is C12H24F3N. The lowest BCUT2D eigenvalue weighted by atomic mass is 9.96. The van der Waals surface area contributed by atoms with E-state index in [0.717, 1.165) is 25.8 Å². The summed E-state index contributed by atoms with van der Waals surface area (Å²) in [6, 6.07) is 0.0107. The van der Waals surface area contributed by atoms with Gasteiger partial charge in [0, 0.05) is 12.5 Å². The van der Waals surface area contributed by atoms with Crippen molar-refractivity contribution in [2.45, 2.75) is 65.1 Å². The molecule has 1 N–H and O–H groups in total. The van der Waals surface area contributed by atoms with Crippen molar-refractivity contribution in [3.8, 4) is 0 Å². The van der Waals surface area contributed by atoms with E-state index in [1.54, 1.807) is 0 Å². The maximum Gasteiger partial charge on any atom is 0.389 e. The molecule has 0 aliphatic rings. The predicted octanol–water partition coefficient (Wildman–Crippen LogP) is 4.13. The predicted molar refractivity (Wildman–Crippen MR) is 61.4 cm³/mol. The maximum absolute atomic E-state index is 12.1. The number of hydrogen-bond acceptors (Lipinski definition) is 1. The van der Waals surface area contributed by atoms with Crippen LogP contribution >= 0.6 is 0 Å². The second-order valence-corrected chi connectivity index (χ2v) is 4.55. The van der Waals surface area contributed by atoms with Crippen LogP contribution in [0.5, 0.6) is 0 Å². The smallest absolute Gasteiger partial charge is 0.314 e. The first-order valence-electron chi connectivity index (χ1n) is 6.19. The molecule has 0 saturated carbocycles. The molecular weight excluding hydrogens is 215 g/mol. The molecule has 2 atom stereocenters. The molecule has 0 heterocycles. The highest BCUT2D eigenvalue weighted by Crippen LogP contribution is 2.24. The average molecular weight is 239 g/mol. The fraction of sp³-hybridized carbons (Fsp3) is 1.00. The molecule has 4 heteroatoms. The SMILES string of the molecule is CCCNC(CCC(F)(F)F)CC(C)CC. The summed E-state index contributed by atoms with van der Waals surface area (Å²) < 4.78 is 36.4. The third-order valence-electron chi connectivity index (χ3n) is 2.84. The van der Waals surface area contributed by atoms with Crippen molar-refractivity contribution in [2.75, 3.05) is 6.54 Å². The van der Waals surface area contributed by atoms with Gasteiger partial charge >= 0.3 is 6.18 Å². The zero-order valence-corrected chi connectivity index (χ0v) is 10.5. The molecule has 16 heavy (non-hydrogen) atoms. The first-order chi connectivity index (χ1) is 7.39. The second kappa shape index (κ2) is 7.93. The van der Waals surface area contributed by atoms with Crippen LogP contribution in [-0.4, -0.2) is 18.8 Å². The Hall–Kier alpha value is -0.250. The zero-order valence-electron chi connectivity index (χ0n) is 10.5. The van der Waals surface area contributed by atoms with Crippen molar-refractivity contribution in [2.24, 2.45) is 5.92 Å². The van der Waals surface area contributed by atoms with Crippen LogP contribution in [-0.2, 0) is 0 Å². The summed E-state index contributed by atoms with van der Waals surface area (Å²) in [5.41, 5.74) is 0. The monoisotopic (exact) mass is 239 g/mol. The van der Waals surface area contributed by atoms with E-state index >= 15 is 0 Å². The molecule has 0 aromatic carbocycles. The van der Waals surface area contributed by atoms with E-state index in [9.17, 15) is 13.2 Å². The highest BCUT2D eigenvalue weighted by Gasteiger charge is 2.28. The van der Waals surface area contributed by atoms with Crippen molar-refractivity contribution >= 4 is 0 Å². The van der Waals surface area contributed by atoms with Crippen LogP contribution in [0.4, 0.5) is 13.2 Å². The Bertz CT molecular complexity index is 168. The third-order valence-corrected chi connectivity index (χ3v) is 2.84. The number of halogens is 3. The maximum atomic E-state index is 12.1. The number of nitrogens with one attached hydrogen (secondary N) is 1. The first kappa shape index (κ1) is 15.8. The second-order valence-electron chi connectivity index (χ2n) is 4.55. The fourth-order valence-electron chi connectivity index (χ4n) is 1.64. The third kappa shape index (κ3) is 9.01. The van der Waals surface area contributed by atoms with Gasteiger partial charge in [-0.25, -0.2) is 0 Å². The minimum absolute atomic E-state index is 0.0107. The van der Waals surface area contributed by atoms with Crippen LogP contribution in [0.2, 0.25) is 0 Å². The van der Waals surface area contributed by atoms with Gasteiger partial charge in [-0.3, -0.25) is 0 Å². The summed E-state index contributed by atoms with van der Waals surface area (Å²) in [7, 11) is 0. The average Bonchev–Trinajstić information content (AvgIpc) is 2.20. The van der Waals surface area contributed by atoms with Crippen molar-refractivity contribution in [3.63, 3.8) is 0 Å². The van der Waals surface area contributed by atoms with Crippen molar-refractivity contribution < 1.29 is 13.2 Å². The molecule has 2 unspecified atom stereocenters. The van der Waals surface area contributed by atoms with Crippen molar-refractivity contribution in [3.05, 3.63) is 0 Å². The largest absolute Gasteiger partial charge is 0.389 e. The molecule has 0 aliphatic carbocycles. The molecule has 0 radical (unpaired) electrons. The van der Waals surface area contributed by atoms with E-state index in [0.29, 0.717) is 5.92 Å². The molecule has 0 aromatic rings. The van der Waals surface area contributed by atoms with E-state index in [1.165, 1.54) is 0 Å². The molecule has 98 valence electrons. The van der Waals surface area contributed by atoms with Gasteiger partial charge in [-0.1, -0.05) is 27.2 Å². The zero-order chi connectivity index (χ0) is 12.6. The van der Waals surface area contributed by atoms with Crippen molar-refractivity contribution in [1.29, 1.82) is 0 Å². The Balaban J connectivity index is 3.99. The van der Waals surface area contributed by atoms with E-state index in [2.05, 4.69) is 19.2 Å². The van der Waals surface area contributed by atoms with Gasteiger partial charge in [0.15, 0.2) is 0 Å². The van der Waals surface area contributed by atoms with Gasteiger partial charge < -0.3 is 5.32 Å². The van der Waals surface area contributed by atoms with Crippen LogP contribution in [0.25, 0.3) is 0 Å². The molecule has 1 nitrogen and oxygen atoms in total. The number of alkyl halides is 3. The van der Waals surface area contributed by atoms with Gasteiger partial charge in [0.2, 0.25) is 0 Å². The van der Waals surface area contributed by atoms with E-state index in [1.807, 2.05) is 6.92 Å². The van der Waals surface area contributed by atoms with Gasteiger partial charge in [0.25, 0.3) is 0 Å². The Labute approximate surface area is 96.8 Å². The lowest BCUT2D eigenvalue weighted by Crippen LogP contribution is -2.32. The number of rotatable bonds is 8. The standard InChI is InChI=1S/C12H24F3N/c1-4-8-16-11(9-10(3)5-2)6-7-12(13,14)15/h10-11,16H,4-9H2,1-3H3. The van der Waals surface area contributed by atoms with Crippen molar-refractivity contribution in [1.82, 2.24) is 5.32 Å². The summed E-state index contributed by atoms with van der Waals surface area (Å²) in [5, 5.41) is 3.21. The first-order valence-corrected chi connectivity index (χ1v) is 6.19. The minimum atomic E-state index is -4.03. The van der Waals surface area contributed by atoms with E-state index < -0.39 is 12.6 Å². The van der Waals surface area contributed by atoms with Gasteiger partial charge in [-0.2, -0.15) is 13.2 Å². The Morgan fingerprint density at radius 2 is 1.81 bits per heavy atom. The fourth-order valence-corrected chi connectivity index (χ4v) is 1.64. The lowest BCUT2D eigenvalue weighted by molar-refractivity contribution is -0.136. The summed E-state index contributed by atoms with van der Waals surface area (Å²) in [6.45, 7) is 7.00. The van der Waals surface area contributed by atoms with Crippen LogP contribution in [0.1, 0.15) is 52.9 Å². The Kier molecular flexibility index (Phi) is 7.81. The molecule has 0 bridgehead atoms. The Morgan fingerprint density at radius 1 is 1.19 bits per heavy atom. The minimum Gasteiger partial charge on any atom is -0.314 e. The molecule has 0 spiro atoms. The highest BCUT2D eigenvalue weighted by molar-refractivity contribution is 4.71. The summed E-state index contributed by atoms with van der Waals surface area (Å²) in [6.07, 6.45) is -1.67. The summed E-state index contributed by atoms with van der Waals surface area (Å²) in [4.78, 5) is 0. The molecule has 0 saturated heterocycles. The normalized spacial score (nSPS) is 16.1. The van der Waals surface area contributed by atoms with Crippen LogP contribution in [0, 0.1) is 5.92 Å². The van der Waals surface area contributed by atoms with Gasteiger partial charge in [0.1, 0.15) is 0 Å². The van der Waals surface area contributed by atoms with Crippen LogP contribution in [0.15, 0.2) is 0 Å². The molecule has 0 amide bonds. The topological polar surface area (TPSA) is 12.0 Å².